The van der Waals surface area contributed by atoms with Crippen LogP contribution in [0.1, 0.15) is 284 Å². The van der Waals surface area contributed by atoms with Crippen molar-refractivity contribution in [1.29, 1.82) is 0 Å². The summed E-state index contributed by atoms with van der Waals surface area (Å²) in [7, 11) is 0. The van der Waals surface area contributed by atoms with Gasteiger partial charge in [-0.3, -0.25) is 14.4 Å². The van der Waals surface area contributed by atoms with Crippen molar-refractivity contribution in [2.24, 2.45) is 0 Å². The first-order valence-corrected chi connectivity index (χ1v) is 23.5. The molecule has 0 aromatic rings. The van der Waals surface area contributed by atoms with Gasteiger partial charge in [0.25, 0.3) is 0 Å². The van der Waals surface area contributed by atoms with Gasteiger partial charge >= 0.3 is 17.9 Å². The number of hydrogen-bond acceptors (Lipinski definition) is 3. The van der Waals surface area contributed by atoms with Crippen LogP contribution in [0.4, 0.5) is 0 Å². The fraction of sp³-hybridized carbons (Fsp3) is 0.936. The van der Waals surface area contributed by atoms with Crippen molar-refractivity contribution in [3.8, 4) is 0 Å². The van der Waals surface area contributed by atoms with Gasteiger partial charge < -0.3 is 15.3 Å². The Labute approximate surface area is 330 Å². The maximum atomic E-state index is 10.3. The molecule has 0 radical (unpaired) electrons. The largest absolute Gasteiger partial charge is 0.481 e. The van der Waals surface area contributed by atoms with Gasteiger partial charge in [0, 0.05) is 19.3 Å². The van der Waals surface area contributed by atoms with Crippen molar-refractivity contribution in [3.63, 3.8) is 0 Å². The molecule has 0 aromatic carbocycles. The molecular formula is C47H94O6. The molecule has 0 aliphatic rings. The number of hydrogen-bond donors (Lipinski definition) is 3. The van der Waals surface area contributed by atoms with E-state index < -0.39 is 17.9 Å². The summed E-state index contributed by atoms with van der Waals surface area (Å²) < 4.78 is 0. The van der Waals surface area contributed by atoms with Crippen LogP contribution in [0.15, 0.2) is 0 Å². The van der Waals surface area contributed by atoms with Crippen LogP contribution < -0.4 is 0 Å². The highest BCUT2D eigenvalue weighted by atomic mass is 16.4. The minimum Gasteiger partial charge on any atom is -0.481 e. The number of aliphatic carboxylic acids is 3. The summed E-state index contributed by atoms with van der Waals surface area (Å²) in [4.78, 5) is 30.9. The average molecular weight is 755 g/mol. The van der Waals surface area contributed by atoms with Gasteiger partial charge in [0.1, 0.15) is 0 Å². The molecule has 0 saturated carbocycles. The molecule has 0 atom stereocenters. The number of carboxylic acid groups (broad SMARTS) is 3. The minimum atomic E-state index is -0.657. The van der Waals surface area contributed by atoms with Gasteiger partial charge in [-0.1, -0.05) is 245 Å². The average Bonchev–Trinajstić information content (AvgIpc) is 3.13. The molecule has 0 bridgehead atoms. The molecule has 3 N–H and O–H groups in total. The highest BCUT2D eigenvalue weighted by molar-refractivity contribution is 5.67. The molecule has 0 aliphatic heterocycles. The first-order chi connectivity index (χ1) is 25.8. The lowest BCUT2D eigenvalue weighted by Gasteiger charge is -2.02. The second-order valence-electron chi connectivity index (χ2n) is 15.8. The van der Waals surface area contributed by atoms with Crippen LogP contribution in [-0.4, -0.2) is 33.2 Å². The molecule has 0 unspecified atom stereocenters. The van der Waals surface area contributed by atoms with E-state index in [1.165, 1.54) is 205 Å². The van der Waals surface area contributed by atoms with Crippen LogP contribution in [-0.2, 0) is 14.4 Å². The Morgan fingerprint density at radius 3 is 0.453 bits per heavy atom. The van der Waals surface area contributed by atoms with Crippen molar-refractivity contribution in [2.45, 2.75) is 284 Å². The second-order valence-corrected chi connectivity index (χ2v) is 15.8. The monoisotopic (exact) mass is 755 g/mol. The third-order valence-corrected chi connectivity index (χ3v) is 10.2. The number of carbonyl (C=O) groups is 3. The maximum absolute atomic E-state index is 10.3. The van der Waals surface area contributed by atoms with E-state index in [4.69, 9.17) is 15.3 Å². The highest BCUT2D eigenvalue weighted by Crippen LogP contribution is 2.15. The third-order valence-electron chi connectivity index (χ3n) is 10.2. The third kappa shape index (κ3) is 65.7. The zero-order valence-corrected chi connectivity index (χ0v) is 36.1. The van der Waals surface area contributed by atoms with Crippen LogP contribution in [0.5, 0.6) is 0 Å². The van der Waals surface area contributed by atoms with Gasteiger partial charge in [-0.25, -0.2) is 0 Å². The molecule has 53 heavy (non-hydrogen) atoms. The van der Waals surface area contributed by atoms with Crippen molar-refractivity contribution in [3.05, 3.63) is 0 Å². The summed E-state index contributed by atoms with van der Waals surface area (Å²) in [5, 5.41) is 25.5. The summed E-state index contributed by atoms with van der Waals surface area (Å²) in [5.41, 5.74) is 0. The molecule has 6 heteroatoms. The fourth-order valence-electron chi connectivity index (χ4n) is 6.71. The van der Waals surface area contributed by atoms with E-state index in [0.29, 0.717) is 19.3 Å². The van der Waals surface area contributed by atoms with Gasteiger partial charge in [0.15, 0.2) is 0 Å². The topological polar surface area (TPSA) is 112 Å². The SMILES string of the molecule is CCCCCCCCCCCCCC(=O)O.CCCCCCCCCCCCCCCC(=O)O.CCCCCCCCCCCCCCCCC(=O)O. The lowest BCUT2D eigenvalue weighted by molar-refractivity contribution is -0.138. The summed E-state index contributed by atoms with van der Waals surface area (Å²) >= 11 is 0. The van der Waals surface area contributed by atoms with E-state index in [1.54, 1.807) is 0 Å². The normalized spacial score (nSPS) is 10.7. The molecule has 0 aromatic heterocycles. The molecular weight excluding hydrogens is 661 g/mol. The van der Waals surface area contributed by atoms with E-state index in [-0.39, 0.29) is 0 Å². The Kier molecular flexibility index (Phi) is 55.2. The van der Waals surface area contributed by atoms with Gasteiger partial charge in [0.05, 0.1) is 0 Å². The van der Waals surface area contributed by atoms with Crippen LogP contribution >= 0.6 is 0 Å². The predicted octanol–water partition coefficient (Wildman–Crippen LogP) is 16.3. The molecule has 0 fully saturated rings. The summed E-state index contributed by atoms with van der Waals surface area (Å²) in [5.74, 6) is -1.96. The quantitative estimate of drug-likeness (QED) is 0.0536. The number of unbranched alkanes of at least 4 members (excludes halogenated alkanes) is 35. The Balaban J connectivity index is -0.000000710. The second kappa shape index (κ2) is 52.5. The maximum Gasteiger partial charge on any atom is 0.303 e. The standard InChI is InChI=1S/C17H34O2.C16H32O2.C14H28O2/c1-2-3-4-5-6-7-8-9-10-11-12-13-14-15-16-17(18)19;1-2-3-4-5-6-7-8-9-10-11-12-13-14-15-16(17)18;1-2-3-4-5-6-7-8-9-10-11-12-13-14(15)16/h2-16H2,1H3,(H,18,19);2-15H2,1H3,(H,17,18);2-13H2,1H3,(H,15,16). The Morgan fingerprint density at radius 2 is 0.340 bits per heavy atom. The van der Waals surface area contributed by atoms with E-state index in [9.17, 15) is 14.4 Å². The zero-order chi connectivity index (χ0) is 39.7. The predicted molar refractivity (Wildman–Crippen MR) is 229 cm³/mol. The lowest BCUT2D eigenvalue weighted by atomic mass is 10.0. The number of carboxylic acids is 3. The van der Waals surface area contributed by atoms with Gasteiger partial charge in [-0.05, 0) is 19.3 Å². The van der Waals surface area contributed by atoms with Crippen LogP contribution in [0.3, 0.4) is 0 Å². The van der Waals surface area contributed by atoms with Gasteiger partial charge in [-0.15, -0.1) is 0 Å². The van der Waals surface area contributed by atoms with E-state index in [1.807, 2.05) is 0 Å². The molecule has 0 saturated heterocycles. The van der Waals surface area contributed by atoms with E-state index >= 15 is 0 Å². The van der Waals surface area contributed by atoms with E-state index in [0.717, 1.165) is 38.5 Å². The first-order valence-electron chi connectivity index (χ1n) is 23.5. The van der Waals surface area contributed by atoms with Gasteiger partial charge in [-0.2, -0.15) is 0 Å². The van der Waals surface area contributed by atoms with Crippen molar-refractivity contribution >= 4 is 17.9 Å². The van der Waals surface area contributed by atoms with Gasteiger partial charge in [0.2, 0.25) is 0 Å². The lowest BCUT2D eigenvalue weighted by Crippen LogP contribution is -1.93. The fourth-order valence-corrected chi connectivity index (χ4v) is 6.71. The van der Waals surface area contributed by atoms with Crippen LogP contribution in [0, 0.1) is 0 Å². The summed E-state index contributed by atoms with van der Waals surface area (Å²) in [6, 6.07) is 0. The molecule has 6 nitrogen and oxygen atoms in total. The zero-order valence-electron chi connectivity index (χ0n) is 36.1. The van der Waals surface area contributed by atoms with Crippen molar-refractivity contribution < 1.29 is 29.7 Å². The highest BCUT2D eigenvalue weighted by Gasteiger charge is 1.99. The molecule has 0 rings (SSSR count). The molecule has 318 valence electrons. The molecule has 0 spiro atoms. The molecule has 0 amide bonds. The smallest absolute Gasteiger partial charge is 0.303 e. The Bertz CT molecular complexity index is 709. The van der Waals surface area contributed by atoms with Crippen LogP contribution in [0.2, 0.25) is 0 Å². The Morgan fingerprint density at radius 1 is 0.226 bits per heavy atom. The summed E-state index contributed by atoms with van der Waals surface area (Å²) in [6.45, 7) is 6.77. The first kappa shape index (κ1) is 55.7. The number of rotatable bonds is 41. The van der Waals surface area contributed by atoms with Crippen molar-refractivity contribution in [2.75, 3.05) is 0 Å². The summed E-state index contributed by atoms with van der Waals surface area (Å²) in [6.07, 6.45) is 50.4. The minimum absolute atomic E-state index is 0.344. The molecule has 0 aliphatic carbocycles. The molecule has 0 heterocycles. The Hall–Kier alpha value is -1.59. The van der Waals surface area contributed by atoms with E-state index in [2.05, 4.69) is 20.8 Å². The van der Waals surface area contributed by atoms with Crippen LogP contribution in [0.25, 0.3) is 0 Å². The van der Waals surface area contributed by atoms with Crippen molar-refractivity contribution in [1.82, 2.24) is 0 Å².